The molecule has 2 heterocycles. The van der Waals surface area contributed by atoms with Crippen LogP contribution in [0, 0.1) is 5.92 Å². The van der Waals surface area contributed by atoms with Crippen molar-refractivity contribution in [3.63, 3.8) is 0 Å². The predicted molar refractivity (Wildman–Crippen MR) is 85.6 cm³/mol. The Morgan fingerprint density at radius 1 is 1.35 bits per heavy atom. The molecule has 0 N–H and O–H groups in total. The molecule has 2 aromatic rings. The number of nitrogens with zero attached hydrogens (tertiary/aromatic N) is 3. The molecule has 1 saturated heterocycles. The van der Waals surface area contributed by atoms with Crippen LogP contribution in [0.1, 0.15) is 18.2 Å². The smallest absolute Gasteiger partial charge is 0.228 e. The average molecular weight is 315 g/mol. The molecule has 0 unspecified atom stereocenters. The second kappa shape index (κ2) is 6.42. The zero-order chi connectivity index (χ0) is 16.4. The summed E-state index contributed by atoms with van der Waals surface area (Å²) in [5.41, 5.74) is 1.70. The van der Waals surface area contributed by atoms with Gasteiger partial charge in [-0.15, -0.1) is 0 Å². The highest BCUT2D eigenvalue weighted by Crippen LogP contribution is 2.37. The van der Waals surface area contributed by atoms with Crippen LogP contribution in [-0.4, -0.2) is 48.4 Å². The molecule has 122 valence electrons. The van der Waals surface area contributed by atoms with Crippen LogP contribution in [0.3, 0.4) is 0 Å². The van der Waals surface area contributed by atoms with Crippen LogP contribution in [0.2, 0.25) is 0 Å². The monoisotopic (exact) mass is 315 g/mol. The van der Waals surface area contributed by atoms with E-state index in [-0.39, 0.29) is 17.9 Å². The predicted octanol–water partition coefficient (Wildman–Crippen LogP) is 2.05. The van der Waals surface area contributed by atoms with E-state index in [2.05, 4.69) is 5.10 Å². The van der Waals surface area contributed by atoms with Gasteiger partial charge in [-0.05, 0) is 24.6 Å². The molecular weight excluding hydrogens is 294 g/mol. The lowest BCUT2D eigenvalue weighted by Crippen LogP contribution is -2.31. The van der Waals surface area contributed by atoms with Crippen molar-refractivity contribution in [2.24, 2.45) is 5.92 Å². The number of ether oxygens (including phenoxy) is 2. The van der Waals surface area contributed by atoms with Crippen molar-refractivity contribution in [1.82, 2.24) is 14.7 Å². The van der Waals surface area contributed by atoms with E-state index in [0.29, 0.717) is 6.61 Å². The summed E-state index contributed by atoms with van der Waals surface area (Å²) in [7, 11) is 5.18. The van der Waals surface area contributed by atoms with Crippen molar-refractivity contribution in [1.29, 1.82) is 0 Å². The van der Waals surface area contributed by atoms with Crippen molar-refractivity contribution in [2.45, 2.75) is 12.5 Å². The molecule has 2 atom stereocenters. The molecule has 1 amide bonds. The summed E-state index contributed by atoms with van der Waals surface area (Å²) in [4.78, 5) is 14.0. The van der Waals surface area contributed by atoms with E-state index >= 15 is 0 Å². The van der Waals surface area contributed by atoms with Crippen molar-refractivity contribution in [3.05, 3.63) is 42.2 Å². The normalized spacial score (nSPS) is 20.5. The van der Waals surface area contributed by atoms with Crippen LogP contribution < -0.4 is 4.74 Å². The van der Waals surface area contributed by atoms with Crippen LogP contribution in [0.15, 0.2) is 36.5 Å². The number of carbonyl (C=O) groups excluding carboxylic acids is 1. The van der Waals surface area contributed by atoms with Crippen LogP contribution in [0.5, 0.6) is 5.75 Å². The minimum absolute atomic E-state index is 0.0836. The number of hydrogen-bond donors (Lipinski definition) is 0. The van der Waals surface area contributed by atoms with Gasteiger partial charge in [0.1, 0.15) is 17.5 Å². The standard InChI is InChI=1S/C17H21N3O3/c1-19(2)17(21)12-9-11-23-16(12)14-8-10-18-20(14)13-6-4-5-7-15(13)22-3/h4-8,10,12,16H,9,11H2,1-3H3/t12-,16-/m0/s1. The lowest BCUT2D eigenvalue weighted by molar-refractivity contribution is -0.134. The van der Waals surface area contributed by atoms with Gasteiger partial charge in [0.25, 0.3) is 0 Å². The van der Waals surface area contributed by atoms with Gasteiger partial charge in [0.2, 0.25) is 5.91 Å². The maximum Gasteiger partial charge on any atom is 0.228 e. The maximum absolute atomic E-state index is 12.4. The maximum atomic E-state index is 12.4. The highest BCUT2D eigenvalue weighted by atomic mass is 16.5. The fraction of sp³-hybridized carbons (Fsp3) is 0.412. The number of rotatable bonds is 4. The molecule has 1 aliphatic heterocycles. The molecule has 0 aliphatic carbocycles. The first kappa shape index (κ1) is 15.6. The molecule has 1 aromatic heterocycles. The third kappa shape index (κ3) is 2.82. The zero-order valence-electron chi connectivity index (χ0n) is 13.6. The summed E-state index contributed by atoms with van der Waals surface area (Å²) in [6.07, 6.45) is 2.15. The Bertz CT molecular complexity index is 696. The van der Waals surface area contributed by atoms with Gasteiger partial charge in [0.15, 0.2) is 0 Å². The summed E-state index contributed by atoms with van der Waals surface area (Å²) in [6, 6.07) is 9.57. The Balaban J connectivity index is 1.99. The van der Waals surface area contributed by atoms with E-state index < -0.39 is 0 Å². The number of amides is 1. The number of para-hydroxylation sites is 2. The van der Waals surface area contributed by atoms with Crippen LogP contribution in [0.25, 0.3) is 5.69 Å². The lowest BCUT2D eigenvalue weighted by Gasteiger charge is -2.22. The Kier molecular flexibility index (Phi) is 4.34. The molecule has 6 nitrogen and oxygen atoms in total. The highest BCUT2D eigenvalue weighted by molar-refractivity contribution is 5.79. The molecular formula is C17H21N3O3. The zero-order valence-corrected chi connectivity index (χ0v) is 13.6. The Morgan fingerprint density at radius 2 is 2.13 bits per heavy atom. The molecule has 0 bridgehead atoms. The Labute approximate surface area is 135 Å². The average Bonchev–Trinajstić information content (AvgIpc) is 3.22. The van der Waals surface area contributed by atoms with Gasteiger partial charge in [-0.2, -0.15) is 5.10 Å². The summed E-state index contributed by atoms with van der Waals surface area (Å²) in [6.45, 7) is 0.575. The summed E-state index contributed by atoms with van der Waals surface area (Å²) < 4.78 is 13.1. The third-order valence-corrected chi connectivity index (χ3v) is 4.13. The van der Waals surface area contributed by atoms with Crippen LogP contribution >= 0.6 is 0 Å². The second-order valence-electron chi connectivity index (χ2n) is 5.76. The van der Waals surface area contributed by atoms with Gasteiger partial charge < -0.3 is 14.4 Å². The lowest BCUT2D eigenvalue weighted by atomic mass is 9.97. The number of methoxy groups -OCH3 is 1. The van der Waals surface area contributed by atoms with Gasteiger partial charge in [-0.25, -0.2) is 4.68 Å². The minimum atomic E-state index is -0.294. The van der Waals surface area contributed by atoms with Gasteiger partial charge >= 0.3 is 0 Å². The minimum Gasteiger partial charge on any atom is -0.494 e. The fourth-order valence-electron chi connectivity index (χ4n) is 3.00. The van der Waals surface area contributed by atoms with E-state index in [1.54, 1.807) is 37.0 Å². The number of carbonyl (C=O) groups is 1. The van der Waals surface area contributed by atoms with Crippen LogP contribution in [0.4, 0.5) is 0 Å². The Hall–Kier alpha value is -2.34. The van der Waals surface area contributed by atoms with E-state index in [1.165, 1.54) is 0 Å². The summed E-state index contributed by atoms with van der Waals surface area (Å²) in [5, 5.41) is 4.41. The number of hydrogen-bond acceptors (Lipinski definition) is 4. The largest absolute Gasteiger partial charge is 0.494 e. The van der Waals surface area contributed by atoms with Gasteiger partial charge in [-0.3, -0.25) is 4.79 Å². The van der Waals surface area contributed by atoms with Gasteiger partial charge in [0, 0.05) is 26.9 Å². The fourth-order valence-corrected chi connectivity index (χ4v) is 3.00. The first-order valence-electron chi connectivity index (χ1n) is 7.63. The third-order valence-electron chi connectivity index (χ3n) is 4.13. The quantitative estimate of drug-likeness (QED) is 0.866. The van der Waals surface area contributed by atoms with E-state index in [4.69, 9.17) is 9.47 Å². The molecule has 6 heteroatoms. The van der Waals surface area contributed by atoms with E-state index in [1.807, 2.05) is 30.3 Å². The molecule has 3 rings (SSSR count). The second-order valence-corrected chi connectivity index (χ2v) is 5.76. The number of aromatic nitrogens is 2. The van der Waals surface area contributed by atoms with Crippen molar-refractivity contribution < 1.29 is 14.3 Å². The summed E-state index contributed by atoms with van der Waals surface area (Å²) in [5.74, 6) is 0.626. The Morgan fingerprint density at radius 3 is 2.87 bits per heavy atom. The van der Waals surface area contributed by atoms with E-state index in [9.17, 15) is 4.79 Å². The molecule has 0 saturated carbocycles. The molecule has 1 fully saturated rings. The number of benzene rings is 1. The van der Waals surface area contributed by atoms with Crippen LogP contribution in [-0.2, 0) is 9.53 Å². The SMILES string of the molecule is COc1ccccc1-n1nccc1[C@H]1OCC[C@@H]1C(=O)N(C)C. The van der Waals surface area contributed by atoms with Gasteiger partial charge in [-0.1, -0.05) is 12.1 Å². The first-order chi connectivity index (χ1) is 11.1. The molecule has 23 heavy (non-hydrogen) atoms. The van der Waals surface area contributed by atoms with Crippen molar-refractivity contribution in [3.8, 4) is 11.4 Å². The molecule has 0 spiro atoms. The summed E-state index contributed by atoms with van der Waals surface area (Å²) >= 11 is 0. The topological polar surface area (TPSA) is 56.6 Å². The van der Waals surface area contributed by atoms with Crippen molar-refractivity contribution in [2.75, 3.05) is 27.8 Å². The molecule has 1 aliphatic rings. The first-order valence-corrected chi connectivity index (χ1v) is 7.63. The molecule has 0 radical (unpaired) electrons. The highest BCUT2D eigenvalue weighted by Gasteiger charge is 2.38. The molecule has 1 aromatic carbocycles. The van der Waals surface area contributed by atoms with Crippen molar-refractivity contribution >= 4 is 5.91 Å². The van der Waals surface area contributed by atoms with Gasteiger partial charge in [0.05, 0.1) is 18.7 Å². The van der Waals surface area contributed by atoms with E-state index in [0.717, 1.165) is 23.6 Å².